The first-order valence-corrected chi connectivity index (χ1v) is 16.2. The predicted molar refractivity (Wildman–Crippen MR) is 146 cm³/mol. The number of hydrogen-bond donors (Lipinski definition) is 1. The number of aliphatic hydroxyl groups is 1. The second kappa shape index (κ2) is 21.9. The molecule has 0 spiro atoms. The van der Waals surface area contributed by atoms with E-state index in [1.54, 1.807) is 7.11 Å². The molecule has 0 aromatic rings. The lowest BCUT2D eigenvalue weighted by molar-refractivity contribution is -0.859. The Morgan fingerprint density at radius 1 is 0.727 bits per heavy atom. The molecule has 0 amide bonds. The Labute approximate surface area is 208 Å². The molecule has 0 rings (SSSR count). The molecule has 0 aliphatic rings. The summed E-state index contributed by atoms with van der Waals surface area (Å²) in [6.07, 6.45) is 26.8. The summed E-state index contributed by atoms with van der Waals surface area (Å²) in [5, 5.41) is 9.69. The van der Waals surface area contributed by atoms with Crippen LogP contribution in [0.1, 0.15) is 116 Å². The van der Waals surface area contributed by atoms with Gasteiger partial charge in [-0.2, -0.15) is 0 Å². The molecule has 5 heteroatoms. The average molecular weight is 485 g/mol. The van der Waals surface area contributed by atoms with Crippen LogP contribution in [-0.2, 0) is 8.85 Å². The average Bonchev–Trinajstić information content (AvgIpc) is 2.83. The van der Waals surface area contributed by atoms with Gasteiger partial charge in [0.2, 0.25) is 0 Å². The molecule has 0 saturated heterocycles. The summed E-state index contributed by atoms with van der Waals surface area (Å²) >= 11 is 0. The fourth-order valence-electron chi connectivity index (χ4n) is 4.57. The first kappa shape index (κ1) is 32.4. The van der Waals surface area contributed by atoms with Gasteiger partial charge in [-0.1, -0.05) is 103 Å². The van der Waals surface area contributed by atoms with Crippen molar-refractivity contribution < 1.29 is 18.4 Å². The second-order valence-electron chi connectivity index (χ2n) is 10.1. The van der Waals surface area contributed by atoms with Gasteiger partial charge >= 0.3 is 8.56 Å². The molecular formula is C28H58NO3Si+. The third-order valence-corrected chi connectivity index (χ3v) is 10.0. The van der Waals surface area contributed by atoms with Crippen molar-refractivity contribution >= 4 is 8.56 Å². The van der Waals surface area contributed by atoms with Crippen molar-refractivity contribution in [3.8, 4) is 0 Å². The van der Waals surface area contributed by atoms with E-state index in [0.29, 0.717) is 0 Å². The number of hydrogen-bond acceptors (Lipinski definition) is 3. The Morgan fingerprint density at radius 3 is 1.52 bits per heavy atom. The van der Waals surface area contributed by atoms with Crippen LogP contribution in [0.25, 0.3) is 0 Å². The SMILES string of the molecule is C=CO[Si](CO)(CCC[N+](C)(C=C)CCCCCCCCCCCCCCCCCC)OC. The normalized spacial score (nSPS) is 15.0. The van der Waals surface area contributed by atoms with Crippen molar-refractivity contribution in [1.82, 2.24) is 0 Å². The standard InChI is InChI=1S/C28H58NO3Si/c1-6-9-10-11-12-13-14-15-16-17-18-19-20-21-22-23-25-29(4,7-2)26-24-27-33(28-30,31-5)32-8-3/h7-8,30H,2-3,6,9-28H2,1,4-5H3/q+1. The highest BCUT2D eigenvalue weighted by atomic mass is 28.4. The molecule has 33 heavy (non-hydrogen) atoms. The topological polar surface area (TPSA) is 38.7 Å². The monoisotopic (exact) mass is 484 g/mol. The zero-order valence-corrected chi connectivity index (χ0v) is 23.6. The quantitative estimate of drug-likeness (QED) is 0.0585. The Kier molecular flexibility index (Phi) is 21.5. The van der Waals surface area contributed by atoms with Gasteiger partial charge in [0.05, 0.1) is 38.8 Å². The number of quaternary nitrogens is 1. The van der Waals surface area contributed by atoms with Crippen molar-refractivity contribution in [3.05, 3.63) is 25.6 Å². The van der Waals surface area contributed by atoms with E-state index in [-0.39, 0.29) is 6.23 Å². The molecule has 0 aliphatic heterocycles. The zero-order chi connectivity index (χ0) is 24.7. The molecule has 0 fully saturated rings. The van der Waals surface area contributed by atoms with E-state index in [1.165, 1.54) is 109 Å². The molecule has 0 bridgehead atoms. The van der Waals surface area contributed by atoms with Crippen molar-refractivity contribution in [2.24, 2.45) is 0 Å². The van der Waals surface area contributed by atoms with Gasteiger partial charge in [0.1, 0.15) is 0 Å². The summed E-state index contributed by atoms with van der Waals surface area (Å²) in [6, 6.07) is 0.770. The summed E-state index contributed by atoms with van der Waals surface area (Å²) in [7, 11) is 1.34. The van der Waals surface area contributed by atoms with Gasteiger partial charge in [0, 0.05) is 19.6 Å². The predicted octanol–water partition coefficient (Wildman–Crippen LogP) is 8.01. The molecule has 196 valence electrons. The maximum Gasteiger partial charge on any atom is 0.424 e. The molecule has 2 unspecified atom stereocenters. The van der Waals surface area contributed by atoms with Crippen LogP contribution in [0.4, 0.5) is 0 Å². The van der Waals surface area contributed by atoms with Crippen LogP contribution in [0.3, 0.4) is 0 Å². The first-order valence-electron chi connectivity index (χ1n) is 13.9. The van der Waals surface area contributed by atoms with Crippen molar-refractivity contribution in [2.75, 3.05) is 33.5 Å². The lowest BCUT2D eigenvalue weighted by Gasteiger charge is -2.32. The maximum absolute atomic E-state index is 9.69. The van der Waals surface area contributed by atoms with Gasteiger partial charge in [-0.3, -0.25) is 0 Å². The number of aliphatic hydroxyl groups excluding tert-OH is 1. The number of rotatable bonds is 26. The highest BCUT2D eigenvalue weighted by Crippen LogP contribution is 2.19. The van der Waals surface area contributed by atoms with E-state index < -0.39 is 8.56 Å². The Balaban J connectivity index is 3.69. The first-order chi connectivity index (χ1) is 16.0. The molecular weight excluding hydrogens is 426 g/mol. The summed E-state index contributed by atoms with van der Waals surface area (Å²) < 4.78 is 12.0. The van der Waals surface area contributed by atoms with Crippen LogP contribution < -0.4 is 0 Å². The third-order valence-electron chi connectivity index (χ3n) is 7.10. The number of nitrogens with zero attached hydrogens (tertiary/aromatic N) is 1. The van der Waals surface area contributed by atoms with Gasteiger partial charge in [0.25, 0.3) is 0 Å². The van der Waals surface area contributed by atoms with Gasteiger partial charge in [-0.05, 0) is 19.4 Å². The Hall–Kier alpha value is -0.623. The molecule has 4 nitrogen and oxygen atoms in total. The minimum Gasteiger partial charge on any atom is -0.526 e. The summed E-state index contributed by atoms with van der Waals surface area (Å²) in [6.45, 7) is 12.1. The molecule has 0 saturated carbocycles. The Morgan fingerprint density at radius 2 is 1.15 bits per heavy atom. The highest BCUT2D eigenvalue weighted by Gasteiger charge is 2.37. The van der Waals surface area contributed by atoms with Crippen molar-refractivity contribution in [3.63, 3.8) is 0 Å². The lowest BCUT2D eigenvalue weighted by Crippen LogP contribution is -2.46. The molecule has 2 atom stereocenters. The minimum atomic E-state index is -2.54. The maximum atomic E-state index is 9.69. The summed E-state index contributed by atoms with van der Waals surface area (Å²) in [5.74, 6) is 0. The van der Waals surface area contributed by atoms with Crippen molar-refractivity contribution in [1.29, 1.82) is 0 Å². The zero-order valence-electron chi connectivity index (χ0n) is 22.6. The third kappa shape index (κ3) is 17.5. The van der Waals surface area contributed by atoms with Crippen LogP contribution in [-0.4, -0.2) is 51.6 Å². The van der Waals surface area contributed by atoms with E-state index >= 15 is 0 Å². The largest absolute Gasteiger partial charge is 0.526 e. The van der Waals surface area contributed by atoms with E-state index in [0.717, 1.165) is 30.0 Å². The number of unbranched alkanes of at least 4 members (excludes halogenated alkanes) is 15. The van der Waals surface area contributed by atoms with Crippen LogP contribution in [0.15, 0.2) is 25.6 Å². The smallest absolute Gasteiger partial charge is 0.424 e. The van der Waals surface area contributed by atoms with E-state index in [1.807, 2.05) is 0 Å². The van der Waals surface area contributed by atoms with Crippen LogP contribution >= 0.6 is 0 Å². The molecule has 0 heterocycles. The van der Waals surface area contributed by atoms with Crippen molar-refractivity contribution in [2.45, 2.75) is 122 Å². The summed E-state index contributed by atoms with van der Waals surface area (Å²) in [5.41, 5.74) is 0. The van der Waals surface area contributed by atoms with Gasteiger partial charge in [-0.15, -0.1) is 0 Å². The minimum absolute atomic E-state index is 0.0353. The van der Waals surface area contributed by atoms with E-state index in [2.05, 4.69) is 33.3 Å². The second-order valence-corrected chi connectivity index (χ2v) is 13.4. The van der Waals surface area contributed by atoms with E-state index in [4.69, 9.17) is 8.85 Å². The van der Waals surface area contributed by atoms with Crippen LogP contribution in [0, 0.1) is 0 Å². The van der Waals surface area contributed by atoms with Crippen LogP contribution in [0.2, 0.25) is 6.04 Å². The fourth-order valence-corrected chi connectivity index (χ4v) is 6.35. The Bertz CT molecular complexity index is 456. The van der Waals surface area contributed by atoms with Gasteiger partial charge in [0.15, 0.2) is 0 Å². The molecule has 0 radical (unpaired) electrons. The molecule has 1 N–H and O–H groups in total. The molecule has 0 aromatic heterocycles. The molecule has 0 aliphatic carbocycles. The van der Waals surface area contributed by atoms with Crippen LogP contribution in [0.5, 0.6) is 0 Å². The summed E-state index contributed by atoms with van der Waals surface area (Å²) in [4.78, 5) is 0. The molecule has 0 aromatic carbocycles. The highest BCUT2D eigenvalue weighted by molar-refractivity contribution is 6.67. The van der Waals surface area contributed by atoms with E-state index in [9.17, 15) is 5.11 Å². The fraction of sp³-hybridized carbons (Fsp3) is 0.857. The van der Waals surface area contributed by atoms with Gasteiger partial charge in [-0.25, -0.2) is 0 Å². The lowest BCUT2D eigenvalue weighted by atomic mass is 10.0. The van der Waals surface area contributed by atoms with Gasteiger partial charge < -0.3 is 18.4 Å².